The number of hydrogen-bond donors (Lipinski definition) is 1. The second-order valence-corrected chi connectivity index (χ2v) is 6.39. The molecule has 1 aliphatic carbocycles. The summed E-state index contributed by atoms with van der Waals surface area (Å²) in [6.07, 6.45) is 11.2. The van der Waals surface area contributed by atoms with E-state index in [-0.39, 0.29) is 0 Å². The van der Waals surface area contributed by atoms with Crippen LogP contribution in [-0.4, -0.2) is 36.6 Å². The van der Waals surface area contributed by atoms with Crippen LogP contribution < -0.4 is 5.32 Å². The number of nitrogens with zero attached hydrogens (tertiary/aromatic N) is 1. The first kappa shape index (κ1) is 14.3. The maximum Gasteiger partial charge on any atom is 0.0195 e. The fourth-order valence-electron chi connectivity index (χ4n) is 3.29. The lowest BCUT2D eigenvalue weighted by Gasteiger charge is -2.33. The molecule has 1 saturated heterocycles. The van der Waals surface area contributed by atoms with Crippen molar-refractivity contribution >= 4 is 0 Å². The predicted molar refractivity (Wildman–Crippen MR) is 78.9 cm³/mol. The zero-order valence-corrected chi connectivity index (χ0v) is 12.5. The van der Waals surface area contributed by atoms with Crippen LogP contribution in [0.25, 0.3) is 0 Å². The monoisotopic (exact) mass is 252 g/mol. The highest BCUT2D eigenvalue weighted by Gasteiger charge is 2.29. The molecule has 2 rings (SSSR count). The molecule has 2 nitrogen and oxygen atoms in total. The van der Waals surface area contributed by atoms with Crippen molar-refractivity contribution in [1.82, 2.24) is 10.2 Å². The van der Waals surface area contributed by atoms with E-state index in [4.69, 9.17) is 0 Å². The summed E-state index contributed by atoms with van der Waals surface area (Å²) in [5.41, 5.74) is 0. The van der Waals surface area contributed by atoms with Gasteiger partial charge >= 0.3 is 0 Å². The van der Waals surface area contributed by atoms with Crippen LogP contribution in [0.2, 0.25) is 0 Å². The Hall–Kier alpha value is -0.0800. The Bertz CT molecular complexity index is 219. The van der Waals surface area contributed by atoms with E-state index in [2.05, 4.69) is 24.1 Å². The van der Waals surface area contributed by atoms with Crippen LogP contribution in [0.1, 0.15) is 65.2 Å². The molecule has 0 aromatic carbocycles. The highest BCUT2D eigenvalue weighted by Crippen LogP contribution is 2.31. The number of rotatable bonds is 9. The van der Waals surface area contributed by atoms with Crippen LogP contribution in [0.4, 0.5) is 0 Å². The maximum absolute atomic E-state index is 3.67. The minimum atomic E-state index is 0.777. The van der Waals surface area contributed by atoms with Gasteiger partial charge in [0.15, 0.2) is 0 Å². The van der Waals surface area contributed by atoms with E-state index in [1.165, 1.54) is 71.0 Å². The maximum atomic E-state index is 3.67. The molecule has 1 saturated carbocycles. The van der Waals surface area contributed by atoms with Crippen molar-refractivity contribution < 1.29 is 0 Å². The van der Waals surface area contributed by atoms with Crippen molar-refractivity contribution in [3.05, 3.63) is 0 Å². The molecule has 1 N–H and O–H groups in total. The smallest absolute Gasteiger partial charge is 0.0195 e. The standard InChI is InChI=1S/C16H32N2/c1-3-5-8-16(4-2)18(12-14-9-10-14)13-15-7-6-11-17-15/h14-17H,3-13H2,1-2H3. The van der Waals surface area contributed by atoms with Crippen LogP contribution in [0.3, 0.4) is 0 Å². The zero-order chi connectivity index (χ0) is 12.8. The molecule has 2 heteroatoms. The predicted octanol–water partition coefficient (Wildman–Crippen LogP) is 3.42. The Morgan fingerprint density at radius 3 is 2.56 bits per heavy atom. The molecule has 0 aromatic rings. The van der Waals surface area contributed by atoms with Crippen molar-refractivity contribution in [1.29, 1.82) is 0 Å². The highest BCUT2D eigenvalue weighted by atomic mass is 15.2. The van der Waals surface area contributed by atoms with E-state index in [0.717, 1.165) is 18.0 Å². The van der Waals surface area contributed by atoms with Gasteiger partial charge in [-0.05, 0) is 51.0 Å². The molecule has 0 bridgehead atoms. The summed E-state index contributed by atoms with van der Waals surface area (Å²) >= 11 is 0. The first-order valence-corrected chi connectivity index (χ1v) is 8.30. The van der Waals surface area contributed by atoms with Crippen molar-refractivity contribution in [2.24, 2.45) is 5.92 Å². The molecular weight excluding hydrogens is 220 g/mol. The minimum Gasteiger partial charge on any atom is -0.313 e. The lowest BCUT2D eigenvalue weighted by atomic mass is 10.0. The van der Waals surface area contributed by atoms with E-state index >= 15 is 0 Å². The average Bonchev–Trinajstić information content (AvgIpc) is 3.04. The Balaban J connectivity index is 1.83. The normalized spacial score (nSPS) is 25.8. The molecule has 0 aromatic heterocycles. The summed E-state index contributed by atoms with van der Waals surface area (Å²) in [5.74, 6) is 1.03. The van der Waals surface area contributed by atoms with Gasteiger partial charge in [0.1, 0.15) is 0 Å². The van der Waals surface area contributed by atoms with Gasteiger partial charge in [-0.1, -0.05) is 26.7 Å². The van der Waals surface area contributed by atoms with Gasteiger partial charge in [0.05, 0.1) is 0 Å². The molecule has 0 spiro atoms. The molecule has 2 fully saturated rings. The third-order valence-corrected chi connectivity index (χ3v) is 4.69. The first-order chi connectivity index (χ1) is 8.83. The summed E-state index contributed by atoms with van der Waals surface area (Å²) in [7, 11) is 0. The van der Waals surface area contributed by atoms with Crippen LogP contribution >= 0.6 is 0 Å². The molecular formula is C16H32N2. The molecule has 2 atom stereocenters. The van der Waals surface area contributed by atoms with Gasteiger partial charge in [-0.25, -0.2) is 0 Å². The third kappa shape index (κ3) is 4.55. The van der Waals surface area contributed by atoms with Crippen LogP contribution in [0, 0.1) is 5.92 Å². The summed E-state index contributed by atoms with van der Waals surface area (Å²) in [6.45, 7) is 8.62. The quantitative estimate of drug-likeness (QED) is 0.676. The van der Waals surface area contributed by atoms with E-state index in [1.54, 1.807) is 0 Å². The average molecular weight is 252 g/mol. The van der Waals surface area contributed by atoms with Gasteiger partial charge in [-0.2, -0.15) is 0 Å². The van der Waals surface area contributed by atoms with Gasteiger partial charge in [0, 0.05) is 25.2 Å². The number of unbranched alkanes of at least 4 members (excludes halogenated alkanes) is 1. The third-order valence-electron chi connectivity index (χ3n) is 4.69. The fraction of sp³-hybridized carbons (Fsp3) is 1.00. The molecule has 0 radical (unpaired) electrons. The van der Waals surface area contributed by atoms with Crippen LogP contribution in [0.5, 0.6) is 0 Å². The Kier molecular flexibility index (Phi) is 5.97. The second-order valence-electron chi connectivity index (χ2n) is 6.39. The van der Waals surface area contributed by atoms with Crippen LogP contribution in [0.15, 0.2) is 0 Å². The van der Waals surface area contributed by atoms with Gasteiger partial charge in [-0.3, -0.25) is 4.90 Å². The topological polar surface area (TPSA) is 15.3 Å². The Labute approximate surface area is 114 Å². The first-order valence-electron chi connectivity index (χ1n) is 8.30. The Morgan fingerprint density at radius 2 is 2.00 bits per heavy atom. The van der Waals surface area contributed by atoms with E-state index in [9.17, 15) is 0 Å². The SMILES string of the molecule is CCCCC(CC)N(CC1CC1)CC1CCCN1. The zero-order valence-electron chi connectivity index (χ0n) is 12.5. The fourth-order valence-corrected chi connectivity index (χ4v) is 3.29. The van der Waals surface area contributed by atoms with E-state index in [0.29, 0.717) is 0 Å². The molecule has 0 amide bonds. The van der Waals surface area contributed by atoms with Crippen molar-refractivity contribution in [2.75, 3.05) is 19.6 Å². The molecule has 1 aliphatic heterocycles. The summed E-state index contributed by atoms with van der Waals surface area (Å²) < 4.78 is 0. The van der Waals surface area contributed by atoms with Gasteiger partial charge in [-0.15, -0.1) is 0 Å². The number of nitrogens with one attached hydrogen (secondary N) is 1. The van der Waals surface area contributed by atoms with E-state index in [1.807, 2.05) is 0 Å². The number of hydrogen-bond acceptors (Lipinski definition) is 2. The highest BCUT2D eigenvalue weighted by molar-refractivity contribution is 4.85. The van der Waals surface area contributed by atoms with Crippen molar-refractivity contribution in [3.8, 4) is 0 Å². The lowest BCUT2D eigenvalue weighted by Crippen LogP contribution is -2.44. The summed E-state index contributed by atoms with van der Waals surface area (Å²) in [5, 5.41) is 3.67. The Morgan fingerprint density at radius 1 is 1.17 bits per heavy atom. The molecule has 18 heavy (non-hydrogen) atoms. The molecule has 106 valence electrons. The van der Waals surface area contributed by atoms with Gasteiger partial charge in [0.2, 0.25) is 0 Å². The van der Waals surface area contributed by atoms with Crippen LogP contribution in [-0.2, 0) is 0 Å². The minimum absolute atomic E-state index is 0.777. The summed E-state index contributed by atoms with van der Waals surface area (Å²) in [6, 6.07) is 1.62. The molecule has 2 unspecified atom stereocenters. The summed E-state index contributed by atoms with van der Waals surface area (Å²) in [4.78, 5) is 2.83. The van der Waals surface area contributed by atoms with Gasteiger partial charge in [0.25, 0.3) is 0 Å². The second kappa shape index (κ2) is 7.49. The molecule has 2 aliphatic rings. The van der Waals surface area contributed by atoms with E-state index < -0.39 is 0 Å². The lowest BCUT2D eigenvalue weighted by molar-refractivity contribution is 0.157. The van der Waals surface area contributed by atoms with Crippen molar-refractivity contribution in [3.63, 3.8) is 0 Å². The van der Waals surface area contributed by atoms with Gasteiger partial charge < -0.3 is 5.32 Å². The van der Waals surface area contributed by atoms with Crippen molar-refractivity contribution in [2.45, 2.75) is 77.3 Å². The largest absolute Gasteiger partial charge is 0.313 e. The molecule has 1 heterocycles.